The molecule has 3 heteroatoms. The summed E-state index contributed by atoms with van der Waals surface area (Å²) in [6, 6.07) is 6.40. The van der Waals surface area contributed by atoms with Crippen molar-refractivity contribution in [2.75, 3.05) is 19.6 Å². The molecule has 0 saturated heterocycles. The molecule has 102 valence electrons. The highest BCUT2D eigenvalue weighted by Gasteiger charge is 2.18. The van der Waals surface area contributed by atoms with Crippen LogP contribution < -0.4 is 5.73 Å². The predicted octanol–water partition coefficient (Wildman–Crippen LogP) is 3.77. The van der Waals surface area contributed by atoms with Crippen LogP contribution in [0.15, 0.2) is 18.2 Å². The van der Waals surface area contributed by atoms with E-state index < -0.39 is 0 Å². The molecule has 0 aromatic heterocycles. The summed E-state index contributed by atoms with van der Waals surface area (Å²) >= 11 is 6.02. The molecule has 1 rings (SSSR count). The van der Waals surface area contributed by atoms with Crippen LogP contribution in [-0.4, -0.2) is 24.5 Å². The molecule has 2 N–H and O–H groups in total. The molecule has 1 aromatic rings. The normalized spacial score (nSPS) is 13.0. The Balaban J connectivity index is 2.92. The highest BCUT2D eigenvalue weighted by molar-refractivity contribution is 6.30. The second-order valence-corrected chi connectivity index (χ2v) is 5.17. The molecule has 0 saturated carbocycles. The maximum atomic E-state index is 6.02. The van der Waals surface area contributed by atoms with Crippen LogP contribution in [-0.2, 0) is 0 Å². The molecule has 0 fully saturated rings. The van der Waals surface area contributed by atoms with Gasteiger partial charge < -0.3 is 5.73 Å². The van der Waals surface area contributed by atoms with Crippen LogP contribution in [0.3, 0.4) is 0 Å². The maximum Gasteiger partial charge on any atom is 0.0472 e. The van der Waals surface area contributed by atoms with Crippen LogP contribution in [0.2, 0.25) is 5.02 Å². The van der Waals surface area contributed by atoms with Gasteiger partial charge in [0.1, 0.15) is 0 Å². The van der Waals surface area contributed by atoms with Crippen molar-refractivity contribution < 1.29 is 0 Å². The largest absolute Gasteiger partial charge is 0.329 e. The lowest BCUT2D eigenvalue weighted by Crippen LogP contribution is -2.34. The fourth-order valence-corrected chi connectivity index (χ4v) is 2.61. The molecule has 1 atom stereocenters. The van der Waals surface area contributed by atoms with Gasteiger partial charge in [-0.05, 0) is 49.7 Å². The zero-order valence-electron chi connectivity index (χ0n) is 11.7. The Morgan fingerprint density at radius 3 is 2.56 bits per heavy atom. The Morgan fingerprint density at radius 1 is 1.33 bits per heavy atom. The van der Waals surface area contributed by atoms with E-state index in [1.54, 1.807) is 0 Å². The third-order valence-electron chi connectivity index (χ3n) is 3.46. The van der Waals surface area contributed by atoms with Crippen LogP contribution in [0.4, 0.5) is 0 Å². The van der Waals surface area contributed by atoms with Gasteiger partial charge in [0, 0.05) is 17.6 Å². The van der Waals surface area contributed by atoms with Crippen molar-refractivity contribution in [3.63, 3.8) is 0 Å². The minimum Gasteiger partial charge on any atom is -0.329 e. The van der Waals surface area contributed by atoms with Crippen molar-refractivity contribution in [2.45, 2.75) is 39.7 Å². The third-order valence-corrected chi connectivity index (χ3v) is 3.70. The topological polar surface area (TPSA) is 29.3 Å². The molecule has 0 bridgehead atoms. The second kappa shape index (κ2) is 7.78. The number of benzene rings is 1. The first-order valence-electron chi connectivity index (χ1n) is 6.84. The Kier molecular flexibility index (Phi) is 6.69. The van der Waals surface area contributed by atoms with E-state index in [0.29, 0.717) is 12.6 Å². The standard InChI is InChI=1S/C15H25ClN2/c1-4-6-9-18(5-2)15(11-17)14-8-7-13(16)10-12(14)3/h7-8,10,15H,4-6,9,11,17H2,1-3H3. The first kappa shape index (κ1) is 15.5. The van der Waals surface area contributed by atoms with Crippen LogP contribution in [0, 0.1) is 6.92 Å². The fourth-order valence-electron chi connectivity index (χ4n) is 2.38. The Bertz CT molecular complexity index is 366. The van der Waals surface area contributed by atoms with Crippen molar-refractivity contribution in [2.24, 2.45) is 5.73 Å². The second-order valence-electron chi connectivity index (χ2n) is 4.73. The molecule has 1 unspecified atom stereocenters. The number of likely N-dealkylation sites (N-methyl/N-ethyl adjacent to an activating group) is 1. The van der Waals surface area contributed by atoms with E-state index in [1.807, 2.05) is 12.1 Å². The van der Waals surface area contributed by atoms with E-state index in [1.165, 1.54) is 24.0 Å². The lowest BCUT2D eigenvalue weighted by Gasteiger charge is -2.31. The Morgan fingerprint density at radius 2 is 2.06 bits per heavy atom. The molecule has 18 heavy (non-hydrogen) atoms. The highest BCUT2D eigenvalue weighted by Crippen LogP contribution is 2.25. The number of hydrogen-bond donors (Lipinski definition) is 1. The van der Waals surface area contributed by atoms with E-state index in [0.717, 1.165) is 18.1 Å². The summed E-state index contributed by atoms with van der Waals surface area (Å²) < 4.78 is 0. The maximum absolute atomic E-state index is 6.02. The summed E-state index contributed by atoms with van der Waals surface area (Å²) in [5, 5.41) is 0.795. The average Bonchev–Trinajstić information content (AvgIpc) is 2.36. The van der Waals surface area contributed by atoms with Gasteiger partial charge in [-0.25, -0.2) is 0 Å². The molecule has 0 aliphatic rings. The van der Waals surface area contributed by atoms with Gasteiger partial charge in [-0.2, -0.15) is 0 Å². The predicted molar refractivity (Wildman–Crippen MR) is 80.1 cm³/mol. The van der Waals surface area contributed by atoms with E-state index >= 15 is 0 Å². The number of halogens is 1. The smallest absolute Gasteiger partial charge is 0.0472 e. The van der Waals surface area contributed by atoms with Crippen molar-refractivity contribution in [1.29, 1.82) is 0 Å². The monoisotopic (exact) mass is 268 g/mol. The van der Waals surface area contributed by atoms with Gasteiger partial charge in [-0.15, -0.1) is 0 Å². The van der Waals surface area contributed by atoms with Gasteiger partial charge in [-0.1, -0.05) is 37.9 Å². The average molecular weight is 269 g/mol. The lowest BCUT2D eigenvalue weighted by molar-refractivity contribution is 0.208. The molecule has 0 amide bonds. The molecular weight excluding hydrogens is 244 g/mol. The minimum absolute atomic E-state index is 0.304. The summed E-state index contributed by atoms with van der Waals surface area (Å²) in [6.07, 6.45) is 2.43. The zero-order chi connectivity index (χ0) is 13.5. The Labute approximate surface area is 116 Å². The summed E-state index contributed by atoms with van der Waals surface area (Å²) in [4.78, 5) is 2.46. The molecule has 0 radical (unpaired) electrons. The summed E-state index contributed by atoms with van der Waals surface area (Å²) in [6.45, 7) is 9.32. The van der Waals surface area contributed by atoms with Crippen LogP contribution >= 0.6 is 11.6 Å². The SMILES string of the molecule is CCCCN(CC)C(CN)c1ccc(Cl)cc1C. The number of nitrogens with zero attached hydrogens (tertiary/aromatic N) is 1. The number of unbranched alkanes of at least 4 members (excludes halogenated alkanes) is 1. The van der Waals surface area contributed by atoms with Crippen LogP contribution in [0.5, 0.6) is 0 Å². The quantitative estimate of drug-likeness (QED) is 0.816. The van der Waals surface area contributed by atoms with Gasteiger partial charge >= 0.3 is 0 Å². The first-order chi connectivity index (χ1) is 8.63. The minimum atomic E-state index is 0.304. The van der Waals surface area contributed by atoms with E-state index in [-0.39, 0.29) is 0 Å². The lowest BCUT2D eigenvalue weighted by atomic mass is 9.99. The van der Waals surface area contributed by atoms with Gasteiger partial charge in [0.15, 0.2) is 0 Å². The summed E-state index contributed by atoms with van der Waals surface area (Å²) in [5.41, 5.74) is 8.52. The molecule has 0 heterocycles. The van der Waals surface area contributed by atoms with Crippen molar-refractivity contribution >= 4 is 11.6 Å². The van der Waals surface area contributed by atoms with E-state index in [4.69, 9.17) is 17.3 Å². The fraction of sp³-hybridized carbons (Fsp3) is 0.600. The molecule has 0 spiro atoms. The Hall–Kier alpha value is -0.570. The number of nitrogens with two attached hydrogens (primary N) is 1. The molecule has 1 aromatic carbocycles. The molecular formula is C15H25ClN2. The number of rotatable bonds is 7. The van der Waals surface area contributed by atoms with E-state index in [2.05, 4.69) is 31.7 Å². The molecule has 0 aliphatic heterocycles. The zero-order valence-corrected chi connectivity index (χ0v) is 12.5. The van der Waals surface area contributed by atoms with Gasteiger partial charge in [0.2, 0.25) is 0 Å². The van der Waals surface area contributed by atoms with Crippen molar-refractivity contribution in [1.82, 2.24) is 4.90 Å². The summed E-state index contributed by atoms with van der Waals surface area (Å²) in [7, 11) is 0. The number of aryl methyl sites for hydroxylation is 1. The van der Waals surface area contributed by atoms with Gasteiger partial charge in [0.05, 0.1) is 0 Å². The van der Waals surface area contributed by atoms with Gasteiger partial charge in [-0.3, -0.25) is 4.90 Å². The van der Waals surface area contributed by atoms with Gasteiger partial charge in [0.25, 0.3) is 0 Å². The van der Waals surface area contributed by atoms with Crippen LogP contribution in [0.1, 0.15) is 43.9 Å². The molecule has 2 nitrogen and oxygen atoms in total. The van der Waals surface area contributed by atoms with Crippen LogP contribution in [0.25, 0.3) is 0 Å². The summed E-state index contributed by atoms with van der Waals surface area (Å²) in [5.74, 6) is 0. The number of hydrogen-bond acceptors (Lipinski definition) is 2. The highest BCUT2D eigenvalue weighted by atomic mass is 35.5. The van der Waals surface area contributed by atoms with Crippen molar-refractivity contribution in [3.05, 3.63) is 34.3 Å². The third kappa shape index (κ3) is 3.98. The first-order valence-corrected chi connectivity index (χ1v) is 7.22. The molecule has 0 aliphatic carbocycles. The van der Waals surface area contributed by atoms with E-state index in [9.17, 15) is 0 Å². The van der Waals surface area contributed by atoms with Crippen molar-refractivity contribution in [3.8, 4) is 0 Å².